The lowest BCUT2D eigenvalue weighted by Gasteiger charge is -2.30. The van der Waals surface area contributed by atoms with E-state index in [-0.39, 0.29) is 18.1 Å². The summed E-state index contributed by atoms with van der Waals surface area (Å²) in [4.78, 5) is 28.4. The Bertz CT molecular complexity index is 874. The molecule has 0 bridgehead atoms. The number of nitrogens with one attached hydrogen (secondary N) is 1. The third kappa shape index (κ3) is 4.89. The van der Waals surface area contributed by atoms with E-state index in [4.69, 9.17) is 4.74 Å². The molecule has 30 heavy (non-hydrogen) atoms. The second kappa shape index (κ2) is 9.41. The summed E-state index contributed by atoms with van der Waals surface area (Å²) < 4.78 is 6.11. The van der Waals surface area contributed by atoms with E-state index in [0.717, 1.165) is 61.9 Å². The van der Waals surface area contributed by atoms with Gasteiger partial charge in [0.15, 0.2) is 0 Å². The largest absolute Gasteiger partial charge is 0.489 e. The molecule has 2 aromatic heterocycles. The third-order valence-corrected chi connectivity index (χ3v) is 6.11. The van der Waals surface area contributed by atoms with E-state index in [9.17, 15) is 4.79 Å². The highest BCUT2D eigenvalue weighted by molar-refractivity contribution is 5.95. The topological polar surface area (TPSA) is 80.2 Å². The van der Waals surface area contributed by atoms with Crippen LogP contribution in [0, 0.1) is 13.8 Å². The number of carbonyl (C=O) groups excluding carboxylic acids is 1. The number of ether oxygens (including phenoxy) is 1. The van der Waals surface area contributed by atoms with Gasteiger partial charge in [0.05, 0.1) is 23.1 Å². The van der Waals surface area contributed by atoms with E-state index in [1.807, 2.05) is 26.0 Å². The van der Waals surface area contributed by atoms with E-state index in [1.54, 1.807) is 12.4 Å². The molecule has 2 aliphatic rings. The van der Waals surface area contributed by atoms with Crippen LogP contribution in [0.4, 0.5) is 5.95 Å². The van der Waals surface area contributed by atoms with Crippen molar-refractivity contribution >= 4 is 11.9 Å². The van der Waals surface area contributed by atoms with E-state index in [0.29, 0.717) is 5.56 Å². The van der Waals surface area contributed by atoms with Crippen LogP contribution in [-0.4, -0.2) is 46.1 Å². The molecule has 2 fully saturated rings. The Labute approximate surface area is 178 Å². The van der Waals surface area contributed by atoms with Crippen molar-refractivity contribution in [2.45, 2.75) is 70.9 Å². The van der Waals surface area contributed by atoms with Crippen LogP contribution >= 0.6 is 0 Å². The quantitative estimate of drug-likeness (QED) is 0.813. The van der Waals surface area contributed by atoms with Crippen molar-refractivity contribution < 1.29 is 9.53 Å². The summed E-state index contributed by atoms with van der Waals surface area (Å²) in [5.41, 5.74) is 2.23. The molecule has 1 saturated heterocycles. The van der Waals surface area contributed by atoms with Crippen molar-refractivity contribution in [3.05, 3.63) is 41.5 Å². The van der Waals surface area contributed by atoms with Crippen LogP contribution in [0.25, 0.3) is 0 Å². The molecule has 0 spiro atoms. The Kier molecular flexibility index (Phi) is 6.45. The molecule has 1 aliphatic heterocycles. The smallest absolute Gasteiger partial charge is 0.254 e. The number of rotatable bonds is 5. The number of carbonyl (C=O) groups is 1. The molecule has 7 nitrogen and oxygen atoms in total. The highest BCUT2D eigenvalue weighted by Crippen LogP contribution is 2.25. The number of piperidine rings is 1. The zero-order valence-corrected chi connectivity index (χ0v) is 17.9. The molecule has 0 aromatic carbocycles. The molecular weight excluding hydrogens is 378 g/mol. The normalized spacial score (nSPS) is 21.9. The first-order valence-corrected chi connectivity index (χ1v) is 11.1. The molecule has 0 unspecified atom stereocenters. The summed E-state index contributed by atoms with van der Waals surface area (Å²) in [5.74, 6) is 1.52. The van der Waals surface area contributed by atoms with Crippen LogP contribution in [-0.2, 0) is 0 Å². The zero-order chi connectivity index (χ0) is 20.9. The summed E-state index contributed by atoms with van der Waals surface area (Å²) in [6.45, 7) is 5.84. The predicted octanol–water partition coefficient (Wildman–Crippen LogP) is 3.60. The summed E-state index contributed by atoms with van der Waals surface area (Å²) in [6.07, 6.45) is 10.9. The van der Waals surface area contributed by atoms with Crippen molar-refractivity contribution in [1.82, 2.24) is 20.3 Å². The van der Waals surface area contributed by atoms with Gasteiger partial charge in [0.2, 0.25) is 5.95 Å². The van der Waals surface area contributed by atoms with E-state index >= 15 is 0 Å². The van der Waals surface area contributed by atoms with Gasteiger partial charge in [0.1, 0.15) is 5.75 Å². The number of nitrogens with zero attached hydrogens (tertiary/aromatic N) is 4. The standard InChI is InChI=1S/C23H31N5O2/c1-16-20(15-25-23(26-16)28-13-4-3-5-14-28)22(29)27-18-8-10-19(11-9-18)30-21-7-6-12-24-17(21)2/h6-7,12,15,18-19H,3-5,8-11,13-14H2,1-2H3,(H,27,29). The van der Waals surface area contributed by atoms with E-state index in [2.05, 4.69) is 25.2 Å². The number of amides is 1. The van der Waals surface area contributed by atoms with Crippen LogP contribution in [0.15, 0.2) is 24.5 Å². The first-order chi connectivity index (χ1) is 14.6. The average Bonchev–Trinajstić information content (AvgIpc) is 2.77. The molecular formula is C23H31N5O2. The van der Waals surface area contributed by atoms with Crippen LogP contribution in [0.2, 0.25) is 0 Å². The highest BCUT2D eigenvalue weighted by Gasteiger charge is 2.25. The SMILES string of the molecule is Cc1ncccc1OC1CCC(NC(=O)c2cnc(N3CCCCC3)nc2C)CC1. The number of hydrogen-bond donors (Lipinski definition) is 1. The van der Waals surface area contributed by atoms with Crippen molar-refractivity contribution in [1.29, 1.82) is 0 Å². The molecule has 4 rings (SSSR count). The molecule has 1 aliphatic carbocycles. The number of hydrogen-bond acceptors (Lipinski definition) is 6. The summed E-state index contributed by atoms with van der Waals surface area (Å²) in [6, 6.07) is 4.02. The summed E-state index contributed by atoms with van der Waals surface area (Å²) in [5, 5.41) is 3.17. The first-order valence-electron chi connectivity index (χ1n) is 11.1. The number of aromatic nitrogens is 3. The van der Waals surface area contributed by atoms with Gasteiger partial charge in [0, 0.05) is 31.5 Å². The minimum absolute atomic E-state index is 0.0785. The molecule has 160 valence electrons. The number of aryl methyl sites for hydroxylation is 2. The van der Waals surface area contributed by atoms with Gasteiger partial charge in [-0.05, 0) is 70.9 Å². The van der Waals surface area contributed by atoms with E-state index in [1.165, 1.54) is 19.3 Å². The minimum atomic E-state index is -0.0785. The second-order valence-electron chi connectivity index (χ2n) is 8.37. The Morgan fingerprint density at radius 1 is 1.07 bits per heavy atom. The fourth-order valence-electron chi connectivity index (χ4n) is 4.29. The third-order valence-electron chi connectivity index (χ3n) is 6.11. The van der Waals surface area contributed by atoms with Crippen molar-refractivity contribution in [3.8, 4) is 5.75 Å². The van der Waals surface area contributed by atoms with Gasteiger partial charge in [0.25, 0.3) is 5.91 Å². The fraction of sp³-hybridized carbons (Fsp3) is 0.565. The molecule has 2 aromatic rings. The lowest BCUT2D eigenvalue weighted by Crippen LogP contribution is -2.40. The first kappa shape index (κ1) is 20.6. The Balaban J connectivity index is 1.30. The van der Waals surface area contributed by atoms with Gasteiger partial charge in [-0.2, -0.15) is 0 Å². The maximum Gasteiger partial charge on any atom is 0.254 e. The monoisotopic (exact) mass is 409 g/mol. The molecule has 1 N–H and O–H groups in total. The number of anilines is 1. The maximum absolute atomic E-state index is 12.8. The summed E-state index contributed by atoms with van der Waals surface area (Å²) in [7, 11) is 0. The average molecular weight is 410 g/mol. The van der Waals surface area contributed by atoms with Crippen molar-refractivity contribution in [3.63, 3.8) is 0 Å². The Hall–Kier alpha value is -2.70. The molecule has 3 heterocycles. The van der Waals surface area contributed by atoms with Crippen molar-refractivity contribution in [2.75, 3.05) is 18.0 Å². The van der Waals surface area contributed by atoms with Crippen LogP contribution in [0.1, 0.15) is 66.7 Å². The van der Waals surface area contributed by atoms with Gasteiger partial charge in [-0.3, -0.25) is 9.78 Å². The Morgan fingerprint density at radius 3 is 2.53 bits per heavy atom. The lowest BCUT2D eigenvalue weighted by molar-refractivity contribution is 0.0892. The fourth-order valence-corrected chi connectivity index (χ4v) is 4.29. The van der Waals surface area contributed by atoms with Crippen LogP contribution < -0.4 is 15.0 Å². The summed E-state index contributed by atoms with van der Waals surface area (Å²) >= 11 is 0. The van der Waals surface area contributed by atoms with Gasteiger partial charge < -0.3 is 15.0 Å². The predicted molar refractivity (Wildman–Crippen MR) is 116 cm³/mol. The second-order valence-corrected chi connectivity index (χ2v) is 8.37. The van der Waals surface area contributed by atoms with Gasteiger partial charge in [-0.1, -0.05) is 0 Å². The molecule has 0 radical (unpaired) electrons. The number of pyridine rings is 1. The molecule has 1 amide bonds. The molecule has 7 heteroatoms. The minimum Gasteiger partial charge on any atom is -0.489 e. The highest BCUT2D eigenvalue weighted by atomic mass is 16.5. The lowest BCUT2D eigenvalue weighted by atomic mass is 9.92. The van der Waals surface area contributed by atoms with Gasteiger partial charge >= 0.3 is 0 Å². The van der Waals surface area contributed by atoms with Crippen LogP contribution in [0.3, 0.4) is 0 Å². The zero-order valence-electron chi connectivity index (χ0n) is 17.9. The van der Waals surface area contributed by atoms with Crippen molar-refractivity contribution in [2.24, 2.45) is 0 Å². The van der Waals surface area contributed by atoms with E-state index < -0.39 is 0 Å². The van der Waals surface area contributed by atoms with Crippen LogP contribution in [0.5, 0.6) is 5.75 Å². The molecule has 1 saturated carbocycles. The van der Waals surface area contributed by atoms with Gasteiger partial charge in [-0.25, -0.2) is 9.97 Å². The van der Waals surface area contributed by atoms with Gasteiger partial charge in [-0.15, -0.1) is 0 Å². The molecule has 0 atom stereocenters. The Morgan fingerprint density at radius 2 is 1.83 bits per heavy atom. The maximum atomic E-state index is 12.8.